The summed E-state index contributed by atoms with van der Waals surface area (Å²) >= 11 is 0. The zero-order chi connectivity index (χ0) is 21.4. The highest BCUT2D eigenvalue weighted by Gasteiger charge is 2.56. The number of nitrogens with one attached hydrogen (secondary N) is 2. The van der Waals surface area contributed by atoms with Gasteiger partial charge in [0.15, 0.2) is 0 Å². The van der Waals surface area contributed by atoms with E-state index in [9.17, 15) is 9.59 Å². The molecule has 4 aliphatic carbocycles. The number of aryl methyl sites for hydroxylation is 1. The first kappa shape index (κ1) is 20.3. The summed E-state index contributed by atoms with van der Waals surface area (Å²) in [5.74, 6) is 1.97. The molecule has 0 aliphatic heterocycles. The molecule has 162 valence electrons. The fourth-order valence-corrected chi connectivity index (χ4v) is 6.83. The molecule has 4 fully saturated rings. The molecule has 4 aliphatic rings. The summed E-state index contributed by atoms with van der Waals surface area (Å²) in [7, 11) is 0. The quantitative estimate of drug-likeness (QED) is 0.722. The van der Waals surface area contributed by atoms with Gasteiger partial charge in [-0.2, -0.15) is 0 Å². The molecule has 1 atom stereocenters. The van der Waals surface area contributed by atoms with Crippen LogP contribution in [0.15, 0.2) is 54.6 Å². The van der Waals surface area contributed by atoms with E-state index < -0.39 is 6.04 Å². The van der Waals surface area contributed by atoms with Crippen molar-refractivity contribution in [2.75, 3.05) is 0 Å². The number of rotatable bonds is 6. The lowest BCUT2D eigenvalue weighted by Gasteiger charge is -2.58. The van der Waals surface area contributed by atoms with E-state index in [0.29, 0.717) is 29.9 Å². The number of carbonyl (C=O) groups is 2. The van der Waals surface area contributed by atoms with E-state index in [1.807, 2.05) is 61.5 Å². The van der Waals surface area contributed by atoms with Gasteiger partial charge in [-0.05, 0) is 80.9 Å². The van der Waals surface area contributed by atoms with Gasteiger partial charge in [-0.15, -0.1) is 0 Å². The van der Waals surface area contributed by atoms with Crippen molar-refractivity contribution in [1.82, 2.24) is 10.6 Å². The third-order valence-electron chi connectivity index (χ3n) is 7.86. The summed E-state index contributed by atoms with van der Waals surface area (Å²) in [6.45, 7) is 2.50. The van der Waals surface area contributed by atoms with E-state index in [1.165, 1.54) is 19.3 Å². The molecule has 0 spiro atoms. The minimum atomic E-state index is -0.474. The number of amides is 2. The lowest BCUT2D eigenvalue weighted by atomic mass is 9.47. The van der Waals surface area contributed by atoms with Crippen LogP contribution in [0.5, 0.6) is 0 Å². The Balaban J connectivity index is 1.39. The zero-order valence-corrected chi connectivity index (χ0v) is 18.3. The van der Waals surface area contributed by atoms with Crippen LogP contribution < -0.4 is 10.6 Å². The Morgan fingerprint density at radius 3 is 2.06 bits per heavy atom. The van der Waals surface area contributed by atoms with Crippen LogP contribution in [-0.4, -0.2) is 17.9 Å². The Morgan fingerprint density at radius 1 is 0.903 bits per heavy atom. The largest absolute Gasteiger partial charge is 0.350 e. The van der Waals surface area contributed by atoms with Crippen molar-refractivity contribution in [3.05, 3.63) is 71.3 Å². The molecule has 2 amide bonds. The molecule has 4 nitrogen and oxygen atoms in total. The molecule has 4 bridgehead atoms. The summed E-state index contributed by atoms with van der Waals surface area (Å²) < 4.78 is 0. The van der Waals surface area contributed by atoms with E-state index in [0.717, 1.165) is 30.4 Å². The average molecular weight is 417 g/mol. The highest BCUT2D eigenvalue weighted by molar-refractivity contribution is 5.97. The van der Waals surface area contributed by atoms with Crippen LogP contribution >= 0.6 is 0 Å². The van der Waals surface area contributed by atoms with E-state index in [2.05, 4.69) is 10.6 Å². The molecular weight excluding hydrogens is 384 g/mol. The van der Waals surface area contributed by atoms with Crippen molar-refractivity contribution in [1.29, 1.82) is 0 Å². The fourth-order valence-electron chi connectivity index (χ4n) is 6.83. The third-order valence-corrected chi connectivity index (χ3v) is 7.86. The number of hydrogen-bond donors (Lipinski definition) is 2. The van der Waals surface area contributed by atoms with Crippen LogP contribution in [-0.2, 0) is 11.3 Å². The first-order chi connectivity index (χ1) is 15.0. The lowest BCUT2D eigenvalue weighted by molar-refractivity contribution is -0.134. The summed E-state index contributed by atoms with van der Waals surface area (Å²) in [6, 6.07) is 17.1. The molecular formula is C27H32N2O2. The van der Waals surface area contributed by atoms with Crippen LogP contribution in [0.25, 0.3) is 0 Å². The van der Waals surface area contributed by atoms with Gasteiger partial charge >= 0.3 is 0 Å². The molecule has 2 aromatic rings. The molecule has 1 unspecified atom stereocenters. The maximum atomic E-state index is 13.5. The SMILES string of the molecule is Cc1ccc(C(=O)NC(C(=O)NCc2ccccc2)C23CC4CC(CC(C4)C2)C3)cc1. The molecule has 2 aromatic carbocycles. The topological polar surface area (TPSA) is 58.2 Å². The van der Waals surface area contributed by atoms with Crippen molar-refractivity contribution >= 4 is 11.8 Å². The monoisotopic (exact) mass is 416 g/mol. The highest BCUT2D eigenvalue weighted by atomic mass is 16.2. The van der Waals surface area contributed by atoms with Crippen molar-refractivity contribution in [2.24, 2.45) is 23.2 Å². The van der Waals surface area contributed by atoms with Gasteiger partial charge in [0.1, 0.15) is 6.04 Å². The van der Waals surface area contributed by atoms with Gasteiger partial charge in [0.05, 0.1) is 0 Å². The van der Waals surface area contributed by atoms with E-state index in [-0.39, 0.29) is 17.2 Å². The van der Waals surface area contributed by atoms with Crippen LogP contribution in [0.3, 0.4) is 0 Å². The summed E-state index contributed by atoms with van der Waals surface area (Å²) in [4.78, 5) is 26.7. The predicted octanol–water partition coefficient (Wildman–Crippen LogP) is 4.63. The second-order valence-electron chi connectivity index (χ2n) is 10.3. The van der Waals surface area contributed by atoms with Crippen LogP contribution in [0.4, 0.5) is 0 Å². The normalized spacial score (nSPS) is 29.4. The Hall–Kier alpha value is -2.62. The van der Waals surface area contributed by atoms with Crippen molar-refractivity contribution in [2.45, 2.75) is 58.0 Å². The van der Waals surface area contributed by atoms with Crippen molar-refractivity contribution in [3.8, 4) is 0 Å². The summed E-state index contributed by atoms with van der Waals surface area (Å²) in [6.07, 6.45) is 7.13. The Kier molecular flexibility index (Phi) is 5.33. The molecule has 4 saturated carbocycles. The predicted molar refractivity (Wildman–Crippen MR) is 121 cm³/mol. The van der Waals surface area contributed by atoms with Gasteiger partial charge in [0.2, 0.25) is 5.91 Å². The second kappa shape index (κ2) is 8.14. The van der Waals surface area contributed by atoms with E-state index in [1.54, 1.807) is 0 Å². The molecule has 0 heterocycles. The van der Waals surface area contributed by atoms with E-state index in [4.69, 9.17) is 0 Å². The minimum absolute atomic E-state index is 0.0359. The molecule has 0 radical (unpaired) electrons. The van der Waals surface area contributed by atoms with Crippen LogP contribution in [0.1, 0.15) is 60.0 Å². The second-order valence-corrected chi connectivity index (χ2v) is 10.3. The summed E-state index contributed by atoms with van der Waals surface area (Å²) in [5, 5.41) is 6.33. The van der Waals surface area contributed by atoms with Gasteiger partial charge < -0.3 is 10.6 Å². The Labute approximate surface area is 184 Å². The molecule has 6 rings (SSSR count). The first-order valence-corrected chi connectivity index (χ1v) is 11.7. The minimum Gasteiger partial charge on any atom is -0.350 e. The first-order valence-electron chi connectivity index (χ1n) is 11.7. The smallest absolute Gasteiger partial charge is 0.251 e. The van der Waals surface area contributed by atoms with Gasteiger partial charge in [-0.25, -0.2) is 0 Å². The van der Waals surface area contributed by atoms with Crippen LogP contribution in [0.2, 0.25) is 0 Å². The molecule has 31 heavy (non-hydrogen) atoms. The maximum Gasteiger partial charge on any atom is 0.251 e. The molecule has 2 N–H and O–H groups in total. The Morgan fingerprint density at radius 2 is 1.48 bits per heavy atom. The van der Waals surface area contributed by atoms with Crippen molar-refractivity contribution < 1.29 is 9.59 Å². The van der Waals surface area contributed by atoms with Crippen molar-refractivity contribution in [3.63, 3.8) is 0 Å². The molecule has 0 saturated heterocycles. The highest BCUT2D eigenvalue weighted by Crippen LogP contribution is 2.61. The molecule has 4 heteroatoms. The Bertz CT molecular complexity index is 916. The van der Waals surface area contributed by atoms with Gasteiger partial charge in [0, 0.05) is 17.5 Å². The van der Waals surface area contributed by atoms with Gasteiger partial charge in [-0.3, -0.25) is 9.59 Å². The van der Waals surface area contributed by atoms with Gasteiger partial charge in [-0.1, -0.05) is 48.0 Å². The van der Waals surface area contributed by atoms with E-state index >= 15 is 0 Å². The van der Waals surface area contributed by atoms with Crippen LogP contribution in [0, 0.1) is 30.1 Å². The number of hydrogen-bond acceptors (Lipinski definition) is 2. The number of carbonyl (C=O) groups excluding carboxylic acids is 2. The lowest BCUT2D eigenvalue weighted by Crippen LogP contribution is -2.62. The maximum absolute atomic E-state index is 13.5. The summed E-state index contributed by atoms with van der Waals surface area (Å²) in [5.41, 5.74) is 2.71. The average Bonchev–Trinajstić information content (AvgIpc) is 2.76. The molecule has 0 aromatic heterocycles. The number of benzene rings is 2. The standard InChI is InChI=1S/C27H32N2O2/c1-18-7-9-23(10-8-18)25(30)29-24(26(31)28-17-19-5-3-2-4-6-19)27-14-20-11-21(15-27)13-22(12-20)16-27/h2-10,20-22,24H,11-17H2,1H3,(H,28,31)(H,29,30). The zero-order valence-electron chi connectivity index (χ0n) is 18.3. The third kappa shape index (κ3) is 4.13. The fraction of sp³-hybridized carbons (Fsp3) is 0.481. The van der Waals surface area contributed by atoms with Gasteiger partial charge in [0.25, 0.3) is 5.91 Å².